The van der Waals surface area contributed by atoms with Gasteiger partial charge in [-0.3, -0.25) is 4.79 Å². The first-order chi connectivity index (χ1) is 10.7. The molecule has 2 aromatic rings. The first kappa shape index (κ1) is 14.8. The van der Waals surface area contributed by atoms with E-state index >= 15 is 0 Å². The smallest absolute Gasteiger partial charge is 0.256 e. The van der Waals surface area contributed by atoms with Crippen molar-refractivity contribution in [3.63, 3.8) is 0 Å². The van der Waals surface area contributed by atoms with Gasteiger partial charge in [0.1, 0.15) is 0 Å². The van der Waals surface area contributed by atoms with Gasteiger partial charge in [0.25, 0.3) is 5.91 Å². The van der Waals surface area contributed by atoms with Crippen LogP contribution in [0.15, 0.2) is 54.6 Å². The molecule has 2 atom stereocenters. The van der Waals surface area contributed by atoms with E-state index in [4.69, 9.17) is 4.74 Å². The highest BCUT2D eigenvalue weighted by Crippen LogP contribution is 2.36. The van der Waals surface area contributed by atoms with Gasteiger partial charge in [-0.05, 0) is 31.4 Å². The lowest BCUT2D eigenvalue weighted by atomic mass is 10.1. The maximum Gasteiger partial charge on any atom is 0.256 e. The Kier molecular flexibility index (Phi) is 4.25. The number of aryl methyl sites for hydroxylation is 1. The lowest BCUT2D eigenvalue weighted by Gasteiger charge is -2.30. The number of hydrogen-bond acceptors (Lipinski definition) is 2. The van der Waals surface area contributed by atoms with Gasteiger partial charge in [-0.15, -0.1) is 0 Å². The van der Waals surface area contributed by atoms with Crippen molar-refractivity contribution >= 4 is 5.91 Å². The Labute approximate surface area is 131 Å². The van der Waals surface area contributed by atoms with E-state index in [0.29, 0.717) is 0 Å². The Morgan fingerprint density at radius 1 is 1.09 bits per heavy atom. The molecule has 0 spiro atoms. The molecule has 3 nitrogen and oxygen atoms in total. The van der Waals surface area contributed by atoms with E-state index in [2.05, 4.69) is 31.2 Å². The van der Waals surface area contributed by atoms with E-state index < -0.39 is 0 Å². The summed E-state index contributed by atoms with van der Waals surface area (Å²) in [6.07, 6.45) is 1.61. The molecule has 0 bridgehead atoms. The molecule has 22 heavy (non-hydrogen) atoms. The van der Waals surface area contributed by atoms with Crippen molar-refractivity contribution in [2.45, 2.75) is 32.0 Å². The Hall–Kier alpha value is -2.13. The fourth-order valence-electron chi connectivity index (χ4n) is 3.13. The Morgan fingerprint density at radius 2 is 1.77 bits per heavy atom. The second-order valence-corrected chi connectivity index (χ2v) is 5.76. The molecule has 1 aliphatic rings. The van der Waals surface area contributed by atoms with Crippen LogP contribution in [0.1, 0.15) is 41.1 Å². The van der Waals surface area contributed by atoms with Crippen LogP contribution in [0.25, 0.3) is 0 Å². The van der Waals surface area contributed by atoms with Gasteiger partial charge in [0.05, 0.1) is 0 Å². The quantitative estimate of drug-likeness (QED) is 0.839. The maximum absolute atomic E-state index is 12.7. The molecule has 3 heteroatoms. The van der Waals surface area contributed by atoms with Gasteiger partial charge in [0.15, 0.2) is 6.23 Å². The largest absolute Gasteiger partial charge is 0.357 e. The number of benzene rings is 2. The molecular formula is C19H21NO2. The highest BCUT2D eigenvalue weighted by atomic mass is 16.5. The average Bonchev–Trinajstić information content (AvgIpc) is 2.86. The third kappa shape index (κ3) is 2.64. The summed E-state index contributed by atoms with van der Waals surface area (Å²) in [4.78, 5) is 14.5. The normalized spacial score (nSPS) is 18.4. The van der Waals surface area contributed by atoms with E-state index in [9.17, 15) is 4.79 Å². The molecule has 0 unspecified atom stereocenters. The van der Waals surface area contributed by atoms with Crippen LogP contribution < -0.4 is 0 Å². The molecule has 0 fully saturated rings. The Morgan fingerprint density at radius 3 is 2.50 bits per heavy atom. The SMILES string of the molecule is CO[C@H]1c2ccccc2C(=O)N1[C@@H](C)CCc1ccccc1. The minimum absolute atomic E-state index is 0.0722. The summed E-state index contributed by atoms with van der Waals surface area (Å²) in [5, 5.41) is 0. The zero-order chi connectivity index (χ0) is 15.5. The van der Waals surface area contributed by atoms with Crippen LogP contribution in [0.2, 0.25) is 0 Å². The molecule has 1 aliphatic heterocycles. The molecule has 1 amide bonds. The minimum Gasteiger partial charge on any atom is -0.357 e. The molecule has 0 aromatic heterocycles. The van der Waals surface area contributed by atoms with E-state index in [1.165, 1.54) is 5.56 Å². The van der Waals surface area contributed by atoms with Crippen molar-refractivity contribution in [3.05, 3.63) is 71.3 Å². The molecule has 0 radical (unpaired) electrons. The molecule has 2 aromatic carbocycles. The summed E-state index contributed by atoms with van der Waals surface area (Å²) in [6, 6.07) is 18.2. The van der Waals surface area contributed by atoms with Crippen molar-refractivity contribution in [2.75, 3.05) is 7.11 Å². The number of hydrogen-bond donors (Lipinski definition) is 0. The fraction of sp³-hybridized carbons (Fsp3) is 0.316. The van der Waals surface area contributed by atoms with Crippen molar-refractivity contribution in [1.29, 1.82) is 0 Å². The number of fused-ring (bicyclic) bond motifs is 1. The van der Waals surface area contributed by atoms with Crippen molar-refractivity contribution < 1.29 is 9.53 Å². The van der Waals surface area contributed by atoms with E-state index in [-0.39, 0.29) is 18.2 Å². The maximum atomic E-state index is 12.7. The predicted octanol–water partition coefficient (Wildman–Crippen LogP) is 3.81. The Balaban J connectivity index is 1.75. The van der Waals surface area contributed by atoms with Gasteiger partial charge < -0.3 is 9.64 Å². The summed E-state index contributed by atoms with van der Waals surface area (Å²) in [6.45, 7) is 2.10. The van der Waals surface area contributed by atoms with Gasteiger partial charge in [-0.2, -0.15) is 0 Å². The standard InChI is InChI=1S/C19H21NO2/c1-14(12-13-15-8-4-3-5-9-15)20-18(21)16-10-6-7-11-17(16)19(20)22-2/h3-11,14,19H,12-13H2,1-2H3/t14-,19-/m0/s1. The van der Waals surface area contributed by atoms with Gasteiger partial charge in [0.2, 0.25) is 0 Å². The van der Waals surface area contributed by atoms with Crippen LogP contribution in [-0.2, 0) is 11.2 Å². The topological polar surface area (TPSA) is 29.5 Å². The minimum atomic E-state index is -0.269. The van der Waals surface area contributed by atoms with Gasteiger partial charge in [-0.1, -0.05) is 48.5 Å². The summed E-state index contributed by atoms with van der Waals surface area (Å²) in [5.41, 5.74) is 3.04. The summed E-state index contributed by atoms with van der Waals surface area (Å²) in [7, 11) is 1.66. The number of amides is 1. The molecule has 3 rings (SSSR count). The van der Waals surface area contributed by atoms with E-state index in [0.717, 1.165) is 24.0 Å². The highest BCUT2D eigenvalue weighted by Gasteiger charge is 2.38. The van der Waals surface area contributed by atoms with Gasteiger partial charge in [0, 0.05) is 24.3 Å². The lowest BCUT2D eigenvalue weighted by Crippen LogP contribution is -2.37. The van der Waals surface area contributed by atoms with Gasteiger partial charge >= 0.3 is 0 Å². The second kappa shape index (κ2) is 6.32. The monoisotopic (exact) mass is 295 g/mol. The van der Waals surface area contributed by atoms with Crippen molar-refractivity contribution in [3.8, 4) is 0 Å². The third-order valence-electron chi connectivity index (χ3n) is 4.34. The van der Waals surface area contributed by atoms with Crippen molar-refractivity contribution in [2.24, 2.45) is 0 Å². The van der Waals surface area contributed by atoms with Crippen LogP contribution >= 0.6 is 0 Å². The number of nitrogens with zero attached hydrogens (tertiary/aromatic N) is 1. The number of rotatable bonds is 5. The summed E-state index contributed by atoms with van der Waals surface area (Å²) < 4.78 is 5.60. The van der Waals surface area contributed by atoms with Crippen LogP contribution in [0.5, 0.6) is 0 Å². The Bertz CT molecular complexity index is 653. The summed E-state index contributed by atoms with van der Waals surface area (Å²) >= 11 is 0. The number of ether oxygens (including phenoxy) is 1. The molecule has 0 N–H and O–H groups in total. The van der Waals surface area contributed by atoms with E-state index in [1.54, 1.807) is 7.11 Å². The first-order valence-electron chi connectivity index (χ1n) is 7.70. The zero-order valence-electron chi connectivity index (χ0n) is 13.0. The van der Waals surface area contributed by atoms with Gasteiger partial charge in [-0.25, -0.2) is 0 Å². The predicted molar refractivity (Wildman–Crippen MR) is 86.6 cm³/mol. The second-order valence-electron chi connectivity index (χ2n) is 5.76. The molecule has 0 saturated heterocycles. The lowest BCUT2D eigenvalue weighted by molar-refractivity contribution is -0.0295. The average molecular weight is 295 g/mol. The molecular weight excluding hydrogens is 274 g/mol. The van der Waals surface area contributed by atoms with Crippen LogP contribution in [0.4, 0.5) is 0 Å². The number of carbonyl (C=O) groups is 1. The highest BCUT2D eigenvalue weighted by molar-refractivity contribution is 5.99. The number of methoxy groups -OCH3 is 1. The molecule has 0 aliphatic carbocycles. The van der Waals surface area contributed by atoms with E-state index in [1.807, 2.05) is 35.2 Å². The number of carbonyl (C=O) groups excluding carboxylic acids is 1. The zero-order valence-corrected chi connectivity index (χ0v) is 13.0. The molecule has 0 saturated carbocycles. The van der Waals surface area contributed by atoms with Crippen LogP contribution in [0.3, 0.4) is 0 Å². The van der Waals surface area contributed by atoms with Crippen LogP contribution in [-0.4, -0.2) is 24.0 Å². The fourth-order valence-corrected chi connectivity index (χ4v) is 3.13. The molecule has 114 valence electrons. The van der Waals surface area contributed by atoms with Crippen molar-refractivity contribution in [1.82, 2.24) is 4.90 Å². The third-order valence-corrected chi connectivity index (χ3v) is 4.34. The first-order valence-corrected chi connectivity index (χ1v) is 7.70. The molecule has 1 heterocycles. The van der Waals surface area contributed by atoms with Crippen LogP contribution in [0, 0.1) is 0 Å². The summed E-state index contributed by atoms with van der Waals surface area (Å²) in [5.74, 6) is 0.0722.